The van der Waals surface area contributed by atoms with Gasteiger partial charge in [0.25, 0.3) is 17.3 Å². The zero-order chi connectivity index (χ0) is 20.7. The van der Waals surface area contributed by atoms with E-state index in [1.165, 1.54) is 48.1 Å². The molecule has 0 spiro atoms. The first-order chi connectivity index (χ1) is 13.3. The molecule has 1 N–H and O–H groups in total. The maximum absolute atomic E-state index is 11.1. The van der Waals surface area contributed by atoms with Crippen molar-refractivity contribution >= 4 is 17.3 Å². The molecule has 28 heavy (non-hydrogen) atoms. The van der Waals surface area contributed by atoms with Crippen LogP contribution in [0.5, 0.6) is 0 Å². The summed E-state index contributed by atoms with van der Waals surface area (Å²) in [4.78, 5) is 31.0. The molecule has 0 aliphatic rings. The van der Waals surface area contributed by atoms with Crippen molar-refractivity contribution in [2.24, 2.45) is 7.05 Å². The number of nitro benzene ring substituents is 2. The number of rotatable bonds is 4. The van der Waals surface area contributed by atoms with Gasteiger partial charge in [-0.3, -0.25) is 25.0 Å². The fourth-order valence-corrected chi connectivity index (χ4v) is 2.14. The molecule has 0 fully saturated rings. The molecular formula is C16H15N7O5. The lowest BCUT2D eigenvalue weighted by atomic mass is 10.2. The van der Waals surface area contributed by atoms with Crippen LogP contribution < -0.4 is 5.32 Å². The highest BCUT2D eigenvalue weighted by Crippen LogP contribution is 2.20. The summed E-state index contributed by atoms with van der Waals surface area (Å²) in [6.45, 7) is 0. The Bertz CT molecular complexity index is 1020. The first-order valence-electron chi connectivity index (χ1n) is 7.77. The van der Waals surface area contributed by atoms with Gasteiger partial charge in [0.2, 0.25) is 0 Å². The van der Waals surface area contributed by atoms with Crippen molar-refractivity contribution in [2.75, 3.05) is 7.05 Å². The molecule has 0 saturated heterocycles. The average Bonchev–Trinajstić information content (AvgIpc) is 3.14. The lowest BCUT2D eigenvalue weighted by molar-refractivity contribution is -0.385. The summed E-state index contributed by atoms with van der Waals surface area (Å²) in [5, 5.41) is 34.2. The summed E-state index contributed by atoms with van der Waals surface area (Å²) in [6.07, 6.45) is 0. The van der Waals surface area contributed by atoms with E-state index in [4.69, 9.17) is 0 Å². The molecule has 0 atom stereocenters. The van der Waals surface area contributed by atoms with Gasteiger partial charge in [-0.2, -0.15) is 0 Å². The van der Waals surface area contributed by atoms with Crippen LogP contribution in [0.2, 0.25) is 0 Å². The van der Waals surface area contributed by atoms with E-state index in [-0.39, 0.29) is 22.8 Å². The lowest BCUT2D eigenvalue weighted by Crippen LogP contribution is -2.17. The summed E-state index contributed by atoms with van der Waals surface area (Å²) < 4.78 is 1.46. The Kier molecular flexibility index (Phi) is 6.41. The van der Waals surface area contributed by atoms with Crippen LogP contribution in [-0.2, 0) is 7.05 Å². The van der Waals surface area contributed by atoms with E-state index >= 15 is 0 Å². The Balaban J connectivity index is 0.000000203. The number of tetrazole rings is 1. The molecule has 3 rings (SSSR count). The average molecular weight is 385 g/mol. The topological polar surface area (TPSA) is 159 Å². The fraction of sp³-hybridized carbons (Fsp3) is 0.125. The van der Waals surface area contributed by atoms with Crippen LogP contribution in [0.3, 0.4) is 0 Å². The third-order valence-electron chi connectivity index (χ3n) is 3.48. The third kappa shape index (κ3) is 4.91. The van der Waals surface area contributed by atoms with Crippen LogP contribution in [0.25, 0.3) is 11.4 Å². The summed E-state index contributed by atoms with van der Waals surface area (Å²) in [7, 11) is 3.15. The molecule has 12 heteroatoms. The monoisotopic (exact) mass is 385 g/mol. The number of benzene rings is 2. The van der Waals surface area contributed by atoms with Gasteiger partial charge in [-0.1, -0.05) is 18.2 Å². The second kappa shape index (κ2) is 8.93. The normalized spacial score (nSPS) is 9.79. The number of amides is 1. The molecule has 1 aromatic heterocycles. The number of nitro groups is 2. The summed E-state index contributed by atoms with van der Waals surface area (Å²) in [5.74, 6) is 0.169. The van der Waals surface area contributed by atoms with Crippen LogP contribution in [0.4, 0.5) is 11.4 Å². The molecule has 3 aromatic rings. The molecule has 12 nitrogen and oxygen atoms in total. The minimum Gasteiger partial charge on any atom is -0.355 e. The number of non-ortho nitro benzene ring substituents is 2. The Hall–Kier alpha value is -4.22. The number of nitrogens with zero attached hydrogens (tertiary/aromatic N) is 6. The van der Waals surface area contributed by atoms with Gasteiger partial charge in [0, 0.05) is 49.5 Å². The van der Waals surface area contributed by atoms with E-state index in [0.717, 1.165) is 0 Å². The van der Waals surface area contributed by atoms with E-state index in [1.54, 1.807) is 19.2 Å². The Morgan fingerprint density at radius 1 is 1.04 bits per heavy atom. The van der Waals surface area contributed by atoms with Crippen molar-refractivity contribution in [3.8, 4) is 11.4 Å². The number of carbonyl (C=O) groups is 1. The molecule has 2 aromatic carbocycles. The van der Waals surface area contributed by atoms with Gasteiger partial charge >= 0.3 is 0 Å². The van der Waals surface area contributed by atoms with Crippen LogP contribution in [0.15, 0.2) is 48.5 Å². The molecule has 0 saturated carbocycles. The number of hydrogen-bond donors (Lipinski definition) is 1. The molecule has 0 radical (unpaired) electrons. The van der Waals surface area contributed by atoms with E-state index in [0.29, 0.717) is 11.4 Å². The van der Waals surface area contributed by atoms with Crippen molar-refractivity contribution in [1.29, 1.82) is 0 Å². The molecule has 0 aliphatic carbocycles. The Morgan fingerprint density at radius 3 is 2.18 bits per heavy atom. The summed E-state index contributed by atoms with van der Waals surface area (Å²) >= 11 is 0. The van der Waals surface area contributed by atoms with Gasteiger partial charge in [0.1, 0.15) is 0 Å². The van der Waals surface area contributed by atoms with E-state index in [2.05, 4.69) is 20.8 Å². The van der Waals surface area contributed by atoms with Gasteiger partial charge < -0.3 is 5.32 Å². The predicted octanol–water partition coefficient (Wildman–Crippen LogP) is 1.74. The first kappa shape index (κ1) is 20.1. The third-order valence-corrected chi connectivity index (χ3v) is 3.48. The maximum Gasteiger partial charge on any atom is 0.270 e. The highest BCUT2D eigenvalue weighted by Gasteiger charge is 2.11. The van der Waals surface area contributed by atoms with Gasteiger partial charge in [-0.15, -0.1) is 5.10 Å². The van der Waals surface area contributed by atoms with Crippen LogP contribution >= 0.6 is 0 Å². The fourth-order valence-electron chi connectivity index (χ4n) is 2.14. The minimum atomic E-state index is -0.535. The molecular weight excluding hydrogens is 370 g/mol. The number of hydrogen-bond acceptors (Lipinski definition) is 8. The van der Waals surface area contributed by atoms with Crippen molar-refractivity contribution in [1.82, 2.24) is 25.5 Å². The smallest absolute Gasteiger partial charge is 0.270 e. The van der Waals surface area contributed by atoms with Gasteiger partial charge in [0.05, 0.1) is 9.85 Å². The molecule has 144 valence electrons. The Labute approximate surface area is 158 Å². The zero-order valence-electron chi connectivity index (χ0n) is 14.8. The second-order valence-electron chi connectivity index (χ2n) is 5.32. The number of aromatic nitrogens is 4. The quantitative estimate of drug-likeness (QED) is 0.525. The van der Waals surface area contributed by atoms with Crippen molar-refractivity contribution in [3.63, 3.8) is 0 Å². The van der Waals surface area contributed by atoms with Crippen LogP contribution in [-0.4, -0.2) is 43.0 Å². The molecule has 1 heterocycles. The van der Waals surface area contributed by atoms with Gasteiger partial charge in [-0.05, 0) is 16.5 Å². The standard InChI is InChI=1S/C8H7N5O2.C8H8N2O3/c1-12-8(9-10-11-12)6-3-2-4-7(5-6)13(14)15;1-9-8(11)6-3-2-4-7(5-6)10(12)13/h2-5H,1H3;2-5H,1H3,(H,9,11). The molecule has 0 aliphatic heterocycles. The summed E-state index contributed by atoms with van der Waals surface area (Å²) in [6, 6.07) is 11.7. The highest BCUT2D eigenvalue weighted by molar-refractivity contribution is 5.94. The van der Waals surface area contributed by atoms with Crippen LogP contribution in [0.1, 0.15) is 10.4 Å². The Morgan fingerprint density at radius 2 is 1.64 bits per heavy atom. The predicted molar refractivity (Wildman–Crippen MR) is 97.4 cm³/mol. The van der Waals surface area contributed by atoms with Crippen LogP contribution in [0, 0.1) is 20.2 Å². The van der Waals surface area contributed by atoms with Crippen molar-refractivity contribution in [3.05, 3.63) is 74.3 Å². The molecule has 0 bridgehead atoms. The number of nitrogens with one attached hydrogen (secondary N) is 1. The minimum absolute atomic E-state index is 0.0236. The zero-order valence-corrected chi connectivity index (χ0v) is 14.8. The SMILES string of the molecule is CNC(=O)c1cccc([N+](=O)[O-])c1.Cn1nnnc1-c1cccc([N+](=O)[O-])c1. The molecule has 1 amide bonds. The lowest BCUT2D eigenvalue weighted by Gasteiger charge is -1.98. The first-order valence-corrected chi connectivity index (χ1v) is 7.77. The highest BCUT2D eigenvalue weighted by atomic mass is 16.6. The van der Waals surface area contributed by atoms with Gasteiger partial charge in [0.15, 0.2) is 5.82 Å². The summed E-state index contributed by atoms with van der Waals surface area (Å²) in [5.41, 5.74) is 0.852. The van der Waals surface area contributed by atoms with E-state index in [1.807, 2.05) is 0 Å². The maximum atomic E-state index is 11.1. The van der Waals surface area contributed by atoms with E-state index < -0.39 is 9.85 Å². The second-order valence-corrected chi connectivity index (χ2v) is 5.32. The van der Waals surface area contributed by atoms with Crippen molar-refractivity contribution < 1.29 is 14.6 Å². The van der Waals surface area contributed by atoms with Crippen molar-refractivity contribution in [2.45, 2.75) is 0 Å². The largest absolute Gasteiger partial charge is 0.355 e. The number of aryl methyl sites for hydroxylation is 1. The number of carbonyl (C=O) groups excluding carboxylic acids is 1. The van der Waals surface area contributed by atoms with Gasteiger partial charge in [-0.25, -0.2) is 4.68 Å². The van der Waals surface area contributed by atoms with E-state index in [9.17, 15) is 25.0 Å². The molecule has 0 unspecified atom stereocenters.